The van der Waals surface area contributed by atoms with Crippen LogP contribution in [0.4, 0.5) is 30.5 Å². The number of carbonyl (C=O) groups excluding carboxylic acids is 2. The predicted molar refractivity (Wildman–Crippen MR) is 164 cm³/mol. The second-order valence-electron chi connectivity index (χ2n) is 10.6. The fourth-order valence-corrected chi connectivity index (χ4v) is 5.64. The average Bonchev–Trinajstić information content (AvgIpc) is 3.46. The van der Waals surface area contributed by atoms with Gasteiger partial charge in [0, 0.05) is 50.9 Å². The van der Waals surface area contributed by atoms with Gasteiger partial charge in [0.25, 0.3) is 11.5 Å². The molecule has 14 nitrogen and oxygen atoms in total. The van der Waals surface area contributed by atoms with Crippen molar-refractivity contribution in [3.8, 4) is 5.75 Å². The van der Waals surface area contributed by atoms with Crippen LogP contribution in [-0.4, -0.2) is 96.7 Å². The summed E-state index contributed by atoms with van der Waals surface area (Å²) in [6.45, 7) is 4.14. The van der Waals surface area contributed by atoms with Crippen molar-refractivity contribution in [2.75, 3.05) is 55.4 Å². The van der Waals surface area contributed by atoms with E-state index in [0.717, 1.165) is 4.52 Å². The quantitative estimate of drug-likeness (QED) is 0.268. The second kappa shape index (κ2) is 12.9. The third-order valence-corrected chi connectivity index (χ3v) is 8.05. The van der Waals surface area contributed by atoms with Gasteiger partial charge in [-0.2, -0.15) is 22.7 Å². The van der Waals surface area contributed by atoms with Crippen molar-refractivity contribution in [2.24, 2.45) is 0 Å². The van der Waals surface area contributed by atoms with E-state index in [-0.39, 0.29) is 78.2 Å². The van der Waals surface area contributed by atoms with Gasteiger partial charge in [-0.05, 0) is 49.4 Å². The highest BCUT2D eigenvalue weighted by molar-refractivity contribution is 8.00. The van der Waals surface area contributed by atoms with Crippen LogP contribution in [0.2, 0.25) is 0 Å². The fraction of sp³-hybridized carbons (Fsp3) is 0.393. The van der Waals surface area contributed by atoms with Crippen molar-refractivity contribution in [3.05, 3.63) is 58.0 Å². The number of anilines is 3. The van der Waals surface area contributed by atoms with Crippen molar-refractivity contribution >= 4 is 46.7 Å². The molecule has 18 heteroatoms. The largest absolute Gasteiger partial charge is 0.504 e. The minimum absolute atomic E-state index is 0.0176. The van der Waals surface area contributed by atoms with Gasteiger partial charge in [0.05, 0.1) is 11.4 Å². The van der Waals surface area contributed by atoms with Crippen molar-refractivity contribution in [1.29, 1.82) is 0 Å². The lowest BCUT2D eigenvalue weighted by Crippen LogP contribution is -2.51. The molecule has 0 aliphatic carbocycles. The van der Waals surface area contributed by atoms with Crippen LogP contribution in [0.15, 0.2) is 40.3 Å². The number of benzene rings is 1. The standard InChI is InChI=1S/C28H31F3N10O4S/c1-5-19-22(38-10-12-39(13-11-38)24(44)21-23(43)16(2)32-15-33-21)25(45)41-27(35-26(36-41)37(3)4)40(19)14-20(42)34-17-6-8-18(9-7-17)46-28(29,30)31/h6-9,15,43H,5,10-14H2,1-4H3,(H,34,42). The molecular weight excluding hydrogens is 629 g/mol. The van der Waals surface area contributed by atoms with Crippen LogP contribution in [0.1, 0.15) is 28.8 Å². The van der Waals surface area contributed by atoms with Gasteiger partial charge in [0.1, 0.15) is 18.6 Å². The molecule has 1 aliphatic rings. The van der Waals surface area contributed by atoms with Crippen LogP contribution < -0.4 is 20.7 Å². The van der Waals surface area contributed by atoms with Crippen LogP contribution in [0.3, 0.4) is 0 Å². The first-order valence-electron chi connectivity index (χ1n) is 14.2. The van der Waals surface area contributed by atoms with Crippen LogP contribution >= 0.6 is 11.8 Å². The topological polar surface area (TPSA) is 154 Å². The van der Waals surface area contributed by atoms with Crippen molar-refractivity contribution < 1.29 is 27.9 Å². The van der Waals surface area contributed by atoms with Crippen LogP contribution in [-0.2, 0) is 17.8 Å². The maximum absolute atomic E-state index is 13.9. The summed E-state index contributed by atoms with van der Waals surface area (Å²) < 4.78 is 40.9. The zero-order chi connectivity index (χ0) is 33.3. The van der Waals surface area contributed by atoms with Crippen molar-refractivity contribution in [3.63, 3.8) is 0 Å². The Labute approximate surface area is 264 Å². The third-order valence-electron chi connectivity index (χ3n) is 7.31. The molecule has 0 spiro atoms. The Balaban J connectivity index is 1.44. The number of piperazine rings is 1. The fourth-order valence-electron chi connectivity index (χ4n) is 5.10. The van der Waals surface area contributed by atoms with Crippen molar-refractivity contribution in [2.45, 2.75) is 37.2 Å². The summed E-state index contributed by atoms with van der Waals surface area (Å²) in [4.78, 5) is 57.6. The highest BCUT2D eigenvalue weighted by Gasteiger charge is 2.31. The molecule has 4 heterocycles. The first-order valence-corrected chi connectivity index (χ1v) is 15.0. The number of aryl methyl sites for hydroxylation is 1. The summed E-state index contributed by atoms with van der Waals surface area (Å²) in [7, 11) is 3.43. The van der Waals surface area contributed by atoms with Crippen molar-refractivity contribution in [1.82, 2.24) is 34.0 Å². The number of carbonyl (C=O) groups is 2. The lowest BCUT2D eigenvalue weighted by Gasteiger charge is -2.36. The Kier molecular flexibility index (Phi) is 9.09. The van der Waals surface area contributed by atoms with Crippen LogP contribution in [0, 0.1) is 6.92 Å². The Bertz CT molecular complexity index is 1830. The molecule has 1 aromatic carbocycles. The van der Waals surface area contributed by atoms with E-state index in [1.54, 1.807) is 30.5 Å². The van der Waals surface area contributed by atoms with Gasteiger partial charge in [0.2, 0.25) is 17.6 Å². The molecule has 0 unspecified atom stereocenters. The van der Waals surface area contributed by atoms with Crippen LogP contribution in [0.5, 0.6) is 5.75 Å². The summed E-state index contributed by atoms with van der Waals surface area (Å²) in [5.41, 5.74) is -3.56. The molecule has 46 heavy (non-hydrogen) atoms. The Morgan fingerprint density at radius 1 is 1.09 bits per heavy atom. The van der Waals surface area contributed by atoms with E-state index in [0.29, 0.717) is 23.5 Å². The number of halogens is 3. The first-order chi connectivity index (χ1) is 21.8. The van der Waals surface area contributed by atoms with E-state index < -0.39 is 22.9 Å². The number of amides is 2. The van der Waals surface area contributed by atoms with Gasteiger partial charge in [-0.15, -0.1) is 5.10 Å². The number of alkyl halides is 3. The molecule has 0 bridgehead atoms. The summed E-state index contributed by atoms with van der Waals surface area (Å²) in [6.07, 6.45) is 1.55. The molecule has 1 fully saturated rings. The Morgan fingerprint density at radius 3 is 2.37 bits per heavy atom. The number of hydrogen-bond donors (Lipinski definition) is 2. The minimum Gasteiger partial charge on any atom is -0.504 e. The number of nitrogens with one attached hydrogen (secondary N) is 1. The summed E-state index contributed by atoms with van der Waals surface area (Å²) in [6, 6.07) is 5.29. The van der Waals surface area contributed by atoms with Gasteiger partial charge in [0.15, 0.2) is 11.4 Å². The zero-order valence-corrected chi connectivity index (χ0v) is 26.2. The van der Waals surface area contributed by atoms with E-state index in [2.05, 4.69) is 25.4 Å². The number of thioether (sulfide) groups is 1. The van der Waals surface area contributed by atoms with Gasteiger partial charge in [-0.1, -0.05) is 6.92 Å². The van der Waals surface area contributed by atoms with E-state index in [4.69, 9.17) is 0 Å². The number of hydrogen-bond acceptors (Lipinski definition) is 11. The summed E-state index contributed by atoms with van der Waals surface area (Å²) >= 11 is -0.252. The van der Waals surface area contributed by atoms with E-state index in [9.17, 15) is 32.7 Å². The minimum atomic E-state index is -4.43. The second-order valence-corrected chi connectivity index (χ2v) is 11.8. The molecule has 2 N–H and O–H groups in total. The average molecular weight is 661 g/mol. The molecule has 1 saturated heterocycles. The molecule has 5 rings (SSSR count). The maximum Gasteiger partial charge on any atom is 0.446 e. The highest BCUT2D eigenvalue weighted by Crippen LogP contribution is 2.37. The molecule has 0 radical (unpaired) electrons. The number of aromatic nitrogens is 6. The van der Waals surface area contributed by atoms with Gasteiger partial charge in [-0.25, -0.2) is 9.97 Å². The normalized spacial score (nSPS) is 13.7. The Morgan fingerprint density at radius 2 is 1.76 bits per heavy atom. The number of rotatable bonds is 8. The molecular formula is C28H31F3N10O4S. The maximum atomic E-state index is 13.9. The molecule has 4 aromatic rings. The lowest BCUT2D eigenvalue weighted by molar-refractivity contribution is -0.116. The molecule has 244 valence electrons. The highest BCUT2D eigenvalue weighted by atomic mass is 32.2. The molecule has 3 aromatic heterocycles. The Hall–Kier alpha value is -4.87. The van der Waals surface area contributed by atoms with Gasteiger partial charge in [-0.3, -0.25) is 14.4 Å². The van der Waals surface area contributed by atoms with Gasteiger partial charge < -0.3 is 29.7 Å². The number of nitrogens with zero attached hydrogens (tertiary/aromatic N) is 9. The molecule has 2 amide bonds. The summed E-state index contributed by atoms with van der Waals surface area (Å²) in [5.74, 6) is -0.843. The first kappa shape index (κ1) is 32.5. The van der Waals surface area contributed by atoms with E-state index in [1.807, 2.05) is 11.8 Å². The zero-order valence-electron chi connectivity index (χ0n) is 25.4. The van der Waals surface area contributed by atoms with E-state index >= 15 is 0 Å². The number of aromatic hydroxyl groups is 1. The summed E-state index contributed by atoms with van der Waals surface area (Å²) in [5, 5.41) is 17.4. The van der Waals surface area contributed by atoms with Crippen LogP contribution in [0.25, 0.3) is 5.78 Å². The monoisotopic (exact) mass is 660 g/mol. The molecule has 1 aliphatic heterocycles. The molecule has 0 saturated carbocycles. The smallest absolute Gasteiger partial charge is 0.446 e. The lowest BCUT2D eigenvalue weighted by atomic mass is 10.2. The SMILES string of the molecule is CCc1c(N2CCN(C(=O)c3ncnc(C)c3O)CC2)c(=O)n2nc(N(C)C)nc2n1CC(=O)Nc1ccc(SC(F)(F)F)cc1. The third kappa shape index (κ3) is 6.70. The predicted octanol–water partition coefficient (Wildman–Crippen LogP) is 2.54. The number of fused-ring (bicyclic) bond motifs is 1. The van der Waals surface area contributed by atoms with E-state index in [1.165, 1.54) is 35.5 Å². The van der Waals surface area contributed by atoms with Gasteiger partial charge >= 0.3 is 5.51 Å². The molecule has 0 atom stereocenters.